The highest BCUT2D eigenvalue weighted by molar-refractivity contribution is 5.78. The van der Waals surface area contributed by atoms with E-state index in [4.69, 9.17) is 4.74 Å². The van der Waals surface area contributed by atoms with Gasteiger partial charge in [0.1, 0.15) is 5.75 Å². The van der Waals surface area contributed by atoms with Gasteiger partial charge in [0.2, 0.25) is 5.91 Å². The van der Waals surface area contributed by atoms with Crippen molar-refractivity contribution in [1.82, 2.24) is 4.90 Å². The van der Waals surface area contributed by atoms with Crippen molar-refractivity contribution in [1.29, 1.82) is 0 Å². The van der Waals surface area contributed by atoms with E-state index in [1.165, 1.54) is 16.7 Å². The molecule has 0 aromatic heterocycles. The summed E-state index contributed by atoms with van der Waals surface area (Å²) in [6, 6.07) is 29.0. The summed E-state index contributed by atoms with van der Waals surface area (Å²) in [6.45, 7) is 1.62. The third kappa shape index (κ3) is 4.51. The van der Waals surface area contributed by atoms with Crippen LogP contribution in [0.2, 0.25) is 0 Å². The summed E-state index contributed by atoms with van der Waals surface area (Å²) in [4.78, 5) is 15.2. The highest BCUT2D eigenvalue weighted by atomic mass is 16.5. The van der Waals surface area contributed by atoms with Gasteiger partial charge in [0, 0.05) is 31.3 Å². The lowest BCUT2D eigenvalue weighted by atomic mass is 9.88. The number of nitrogens with zero attached hydrogens (tertiary/aromatic N) is 1. The minimum Gasteiger partial charge on any atom is -0.497 e. The van der Waals surface area contributed by atoms with Crippen molar-refractivity contribution in [2.45, 2.75) is 24.7 Å². The van der Waals surface area contributed by atoms with Crippen LogP contribution in [0.4, 0.5) is 0 Å². The van der Waals surface area contributed by atoms with E-state index < -0.39 is 0 Å². The molecule has 0 spiro atoms. The van der Waals surface area contributed by atoms with Crippen LogP contribution < -0.4 is 4.74 Å². The van der Waals surface area contributed by atoms with Gasteiger partial charge < -0.3 is 9.64 Å². The molecule has 1 aliphatic heterocycles. The van der Waals surface area contributed by atoms with Gasteiger partial charge in [-0.3, -0.25) is 4.79 Å². The number of hydrogen-bond donors (Lipinski definition) is 0. The number of carbonyl (C=O) groups excluding carboxylic acids is 1. The Labute approximate surface area is 172 Å². The van der Waals surface area contributed by atoms with E-state index in [-0.39, 0.29) is 11.8 Å². The second-order valence-electron chi connectivity index (χ2n) is 7.68. The molecule has 0 N–H and O–H groups in total. The molecule has 0 bridgehead atoms. The highest BCUT2D eigenvalue weighted by Gasteiger charge is 2.29. The molecule has 3 aromatic rings. The maximum atomic E-state index is 13.2. The normalized spacial score (nSPS) is 16.2. The van der Waals surface area contributed by atoms with E-state index in [9.17, 15) is 4.79 Å². The standard InChI is InChI=1S/C26H27NO2/c1-29-24-14-12-20(13-15-24)23-16-17-27(19-23)26(28)18-25(21-8-4-2-5-9-21)22-10-6-3-7-11-22/h2-15,23,25H,16-19H2,1H3. The first kappa shape index (κ1) is 19.3. The number of likely N-dealkylation sites (tertiary alicyclic amines) is 1. The van der Waals surface area contributed by atoms with Gasteiger partial charge in [-0.25, -0.2) is 0 Å². The Bertz CT molecular complexity index is 882. The Morgan fingerprint density at radius 2 is 1.52 bits per heavy atom. The molecule has 1 fully saturated rings. The van der Waals surface area contributed by atoms with Crippen LogP contribution in [0.5, 0.6) is 5.75 Å². The quantitative estimate of drug-likeness (QED) is 0.581. The van der Waals surface area contributed by atoms with Crippen molar-refractivity contribution in [3.63, 3.8) is 0 Å². The van der Waals surface area contributed by atoms with E-state index in [0.29, 0.717) is 12.3 Å². The predicted octanol–water partition coefficient (Wildman–Crippen LogP) is 5.23. The molecule has 1 amide bonds. The summed E-state index contributed by atoms with van der Waals surface area (Å²) >= 11 is 0. The van der Waals surface area contributed by atoms with Crippen LogP contribution in [0.15, 0.2) is 84.9 Å². The fourth-order valence-electron chi connectivity index (χ4n) is 4.24. The molecule has 1 unspecified atom stereocenters. The largest absolute Gasteiger partial charge is 0.497 e. The zero-order chi connectivity index (χ0) is 20.1. The fraction of sp³-hybridized carbons (Fsp3) is 0.269. The zero-order valence-corrected chi connectivity index (χ0v) is 16.8. The number of carbonyl (C=O) groups is 1. The number of benzene rings is 3. The van der Waals surface area contributed by atoms with Crippen LogP contribution >= 0.6 is 0 Å². The number of rotatable bonds is 6. The Kier molecular flexibility index (Phi) is 5.95. The number of methoxy groups -OCH3 is 1. The second kappa shape index (κ2) is 8.95. The number of hydrogen-bond acceptors (Lipinski definition) is 2. The lowest BCUT2D eigenvalue weighted by Gasteiger charge is -2.22. The molecule has 1 aliphatic rings. The van der Waals surface area contributed by atoms with E-state index in [2.05, 4.69) is 36.4 Å². The highest BCUT2D eigenvalue weighted by Crippen LogP contribution is 2.32. The minimum atomic E-state index is 0.0879. The molecule has 1 saturated heterocycles. The molecule has 148 valence electrons. The van der Waals surface area contributed by atoms with Gasteiger partial charge in [-0.1, -0.05) is 72.8 Å². The molecular weight excluding hydrogens is 358 g/mol. The van der Waals surface area contributed by atoms with Crippen molar-refractivity contribution < 1.29 is 9.53 Å². The third-order valence-electron chi connectivity index (χ3n) is 5.91. The lowest BCUT2D eigenvalue weighted by molar-refractivity contribution is -0.130. The van der Waals surface area contributed by atoms with Crippen LogP contribution in [-0.4, -0.2) is 31.0 Å². The van der Waals surface area contributed by atoms with Gasteiger partial charge in [-0.2, -0.15) is 0 Å². The summed E-state index contributed by atoms with van der Waals surface area (Å²) in [6.07, 6.45) is 1.52. The van der Waals surface area contributed by atoms with Crippen molar-refractivity contribution in [3.8, 4) is 5.75 Å². The summed E-state index contributed by atoms with van der Waals surface area (Å²) in [7, 11) is 1.68. The summed E-state index contributed by atoms with van der Waals surface area (Å²) in [5.41, 5.74) is 3.67. The molecule has 0 saturated carbocycles. The molecule has 29 heavy (non-hydrogen) atoms. The van der Waals surface area contributed by atoms with Gasteiger partial charge in [0.15, 0.2) is 0 Å². The summed E-state index contributed by atoms with van der Waals surface area (Å²) in [5, 5.41) is 0. The van der Waals surface area contributed by atoms with Gasteiger partial charge in [0.25, 0.3) is 0 Å². The van der Waals surface area contributed by atoms with E-state index in [0.717, 1.165) is 25.3 Å². The molecular formula is C26H27NO2. The van der Waals surface area contributed by atoms with Crippen LogP contribution in [0.25, 0.3) is 0 Å². The van der Waals surface area contributed by atoms with Crippen LogP contribution in [0, 0.1) is 0 Å². The van der Waals surface area contributed by atoms with E-state index >= 15 is 0 Å². The average molecular weight is 386 g/mol. The van der Waals surface area contributed by atoms with Crippen molar-refractivity contribution in [3.05, 3.63) is 102 Å². The average Bonchev–Trinajstić information content (AvgIpc) is 3.29. The van der Waals surface area contributed by atoms with Gasteiger partial charge in [-0.15, -0.1) is 0 Å². The molecule has 4 rings (SSSR count). The predicted molar refractivity (Wildman–Crippen MR) is 116 cm³/mol. The zero-order valence-electron chi connectivity index (χ0n) is 16.8. The van der Waals surface area contributed by atoms with E-state index in [1.54, 1.807) is 7.11 Å². The van der Waals surface area contributed by atoms with Gasteiger partial charge in [-0.05, 0) is 35.2 Å². The molecule has 3 nitrogen and oxygen atoms in total. The van der Waals surface area contributed by atoms with Crippen molar-refractivity contribution >= 4 is 5.91 Å². The van der Waals surface area contributed by atoms with Crippen molar-refractivity contribution in [2.75, 3.05) is 20.2 Å². The first-order chi connectivity index (χ1) is 14.2. The topological polar surface area (TPSA) is 29.5 Å². The van der Waals surface area contributed by atoms with Crippen LogP contribution in [0.1, 0.15) is 41.4 Å². The Hall–Kier alpha value is -3.07. The number of amides is 1. The summed E-state index contributed by atoms with van der Waals surface area (Å²) in [5.74, 6) is 1.59. The maximum absolute atomic E-state index is 13.2. The smallest absolute Gasteiger partial charge is 0.223 e. The molecule has 0 radical (unpaired) electrons. The molecule has 3 aromatic carbocycles. The first-order valence-electron chi connectivity index (χ1n) is 10.3. The molecule has 1 heterocycles. The van der Waals surface area contributed by atoms with Gasteiger partial charge >= 0.3 is 0 Å². The summed E-state index contributed by atoms with van der Waals surface area (Å²) < 4.78 is 5.25. The molecule has 0 aliphatic carbocycles. The molecule has 1 atom stereocenters. The monoisotopic (exact) mass is 385 g/mol. The fourth-order valence-corrected chi connectivity index (χ4v) is 4.24. The minimum absolute atomic E-state index is 0.0879. The second-order valence-corrected chi connectivity index (χ2v) is 7.68. The van der Waals surface area contributed by atoms with E-state index in [1.807, 2.05) is 53.4 Å². The van der Waals surface area contributed by atoms with Crippen LogP contribution in [0.3, 0.4) is 0 Å². The lowest BCUT2D eigenvalue weighted by Crippen LogP contribution is -2.30. The Morgan fingerprint density at radius 1 is 0.931 bits per heavy atom. The Balaban J connectivity index is 1.47. The number of ether oxygens (including phenoxy) is 1. The third-order valence-corrected chi connectivity index (χ3v) is 5.91. The van der Waals surface area contributed by atoms with Crippen LogP contribution in [-0.2, 0) is 4.79 Å². The first-order valence-corrected chi connectivity index (χ1v) is 10.3. The van der Waals surface area contributed by atoms with Crippen molar-refractivity contribution in [2.24, 2.45) is 0 Å². The van der Waals surface area contributed by atoms with Gasteiger partial charge in [0.05, 0.1) is 7.11 Å². The SMILES string of the molecule is COc1ccc(C2CCN(C(=O)CC(c3ccccc3)c3ccccc3)C2)cc1. The Morgan fingerprint density at radius 3 is 2.07 bits per heavy atom. The maximum Gasteiger partial charge on any atom is 0.223 e. The molecule has 3 heteroatoms.